The second kappa shape index (κ2) is 7.65. The van der Waals surface area contributed by atoms with Crippen LogP contribution in [-0.4, -0.2) is 30.6 Å². The number of hydrogen-bond acceptors (Lipinski definition) is 2. The van der Waals surface area contributed by atoms with Gasteiger partial charge in [0, 0.05) is 28.7 Å². The van der Waals surface area contributed by atoms with Crippen LogP contribution in [0.5, 0.6) is 0 Å². The molecule has 1 aliphatic rings. The molecule has 1 fully saturated rings. The molecule has 1 saturated heterocycles. The average molecular weight is 315 g/mol. The lowest BCUT2D eigenvalue weighted by atomic mass is 10.00. The van der Waals surface area contributed by atoms with Crippen molar-refractivity contribution in [3.05, 3.63) is 33.8 Å². The number of benzene rings is 1. The number of hydrogen-bond donors (Lipinski definition) is 1. The third-order valence-electron chi connectivity index (χ3n) is 4.13. The fourth-order valence-corrected chi connectivity index (χ4v) is 3.54. The number of halogens is 2. The number of nitrogens with one attached hydrogen (secondary N) is 1. The summed E-state index contributed by atoms with van der Waals surface area (Å²) in [6.45, 7) is 7.78. The summed E-state index contributed by atoms with van der Waals surface area (Å²) < 4.78 is 0. The molecule has 0 aliphatic carbocycles. The molecule has 0 amide bonds. The monoisotopic (exact) mass is 314 g/mol. The van der Waals surface area contributed by atoms with Crippen molar-refractivity contribution in [1.29, 1.82) is 0 Å². The van der Waals surface area contributed by atoms with Crippen molar-refractivity contribution >= 4 is 23.2 Å². The molecule has 20 heavy (non-hydrogen) atoms. The molecule has 112 valence electrons. The van der Waals surface area contributed by atoms with Crippen LogP contribution in [0.15, 0.2) is 18.2 Å². The van der Waals surface area contributed by atoms with Crippen LogP contribution >= 0.6 is 23.2 Å². The summed E-state index contributed by atoms with van der Waals surface area (Å²) in [7, 11) is 0. The zero-order chi connectivity index (χ0) is 14.5. The Labute approximate surface area is 132 Å². The SMILES string of the molecule is CCCN(C1CCCNC1)C(C)c1cc(Cl)ccc1Cl. The van der Waals surface area contributed by atoms with Crippen molar-refractivity contribution in [2.75, 3.05) is 19.6 Å². The van der Waals surface area contributed by atoms with Gasteiger partial charge in [-0.25, -0.2) is 0 Å². The molecule has 0 saturated carbocycles. The Morgan fingerprint density at radius 1 is 1.40 bits per heavy atom. The normalized spacial score (nSPS) is 21.1. The van der Waals surface area contributed by atoms with Crippen molar-refractivity contribution < 1.29 is 0 Å². The fourth-order valence-electron chi connectivity index (χ4n) is 3.08. The van der Waals surface area contributed by atoms with Crippen molar-refractivity contribution in [3.8, 4) is 0 Å². The van der Waals surface area contributed by atoms with Crippen LogP contribution in [0.25, 0.3) is 0 Å². The summed E-state index contributed by atoms with van der Waals surface area (Å²) in [5.41, 5.74) is 1.14. The molecule has 0 spiro atoms. The summed E-state index contributed by atoms with van der Waals surface area (Å²) in [5, 5.41) is 5.08. The molecular weight excluding hydrogens is 291 g/mol. The molecule has 1 aromatic rings. The van der Waals surface area contributed by atoms with E-state index in [-0.39, 0.29) is 0 Å². The first-order valence-corrected chi connectivity index (χ1v) is 8.30. The summed E-state index contributed by atoms with van der Waals surface area (Å²) in [6.07, 6.45) is 3.66. The molecule has 0 aromatic heterocycles. The Morgan fingerprint density at radius 3 is 2.85 bits per heavy atom. The van der Waals surface area contributed by atoms with Gasteiger partial charge in [0.2, 0.25) is 0 Å². The molecule has 4 heteroatoms. The quantitative estimate of drug-likeness (QED) is 0.859. The van der Waals surface area contributed by atoms with Crippen LogP contribution in [-0.2, 0) is 0 Å². The Bertz CT molecular complexity index is 430. The predicted molar refractivity (Wildman–Crippen MR) is 87.8 cm³/mol. The van der Waals surface area contributed by atoms with Gasteiger partial charge >= 0.3 is 0 Å². The predicted octanol–water partition coefficient (Wildman–Crippen LogP) is 4.52. The third kappa shape index (κ3) is 3.88. The zero-order valence-corrected chi connectivity index (χ0v) is 13.8. The second-order valence-corrected chi connectivity index (χ2v) is 6.42. The van der Waals surface area contributed by atoms with Crippen molar-refractivity contribution in [1.82, 2.24) is 10.2 Å². The van der Waals surface area contributed by atoms with Crippen LogP contribution < -0.4 is 5.32 Å². The van der Waals surface area contributed by atoms with Gasteiger partial charge in [0.05, 0.1) is 0 Å². The molecule has 2 unspecified atom stereocenters. The van der Waals surface area contributed by atoms with E-state index in [4.69, 9.17) is 23.2 Å². The van der Waals surface area contributed by atoms with E-state index in [1.807, 2.05) is 18.2 Å². The molecule has 1 aliphatic heterocycles. The number of nitrogens with zero attached hydrogens (tertiary/aromatic N) is 1. The first-order valence-electron chi connectivity index (χ1n) is 7.55. The highest BCUT2D eigenvalue weighted by Crippen LogP contribution is 2.32. The van der Waals surface area contributed by atoms with Gasteiger partial charge in [-0.1, -0.05) is 30.1 Å². The first-order chi connectivity index (χ1) is 9.63. The maximum Gasteiger partial charge on any atom is 0.0454 e. The lowest BCUT2D eigenvalue weighted by Gasteiger charge is -2.39. The van der Waals surface area contributed by atoms with E-state index in [1.165, 1.54) is 12.8 Å². The summed E-state index contributed by atoms with van der Waals surface area (Å²) >= 11 is 12.5. The molecule has 2 nitrogen and oxygen atoms in total. The molecule has 1 aromatic carbocycles. The summed E-state index contributed by atoms with van der Waals surface area (Å²) in [5.74, 6) is 0. The molecule has 0 radical (unpaired) electrons. The van der Waals surface area contributed by atoms with Crippen LogP contribution in [0, 0.1) is 0 Å². The Hall–Kier alpha value is -0.280. The highest BCUT2D eigenvalue weighted by atomic mass is 35.5. The minimum Gasteiger partial charge on any atom is -0.315 e. The van der Waals surface area contributed by atoms with Crippen molar-refractivity contribution in [3.63, 3.8) is 0 Å². The van der Waals surface area contributed by atoms with Gasteiger partial charge in [0.25, 0.3) is 0 Å². The van der Waals surface area contributed by atoms with Crippen LogP contribution in [0.4, 0.5) is 0 Å². The fraction of sp³-hybridized carbons (Fsp3) is 0.625. The van der Waals surface area contributed by atoms with E-state index < -0.39 is 0 Å². The van der Waals surface area contributed by atoms with Crippen LogP contribution in [0.2, 0.25) is 10.0 Å². The largest absolute Gasteiger partial charge is 0.315 e. The maximum absolute atomic E-state index is 6.37. The van der Waals surface area contributed by atoms with Gasteiger partial charge < -0.3 is 5.32 Å². The van der Waals surface area contributed by atoms with E-state index in [9.17, 15) is 0 Å². The van der Waals surface area contributed by atoms with Gasteiger partial charge in [-0.3, -0.25) is 4.90 Å². The lowest BCUT2D eigenvalue weighted by Crippen LogP contribution is -2.47. The van der Waals surface area contributed by atoms with Gasteiger partial charge in [0.15, 0.2) is 0 Å². The topological polar surface area (TPSA) is 15.3 Å². The van der Waals surface area contributed by atoms with Gasteiger partial charge in [-0.05, 0) is 63.0 Å². The smallest absolute Gasteiger partial charge is 0.0454 e. The zero-order valence-electron chi connectivity index (χ0n) is 12.3. The van der Waals surface area contributed by atoms with Crippen LogP contribution in [0.1, 0.15) is 44.7 Å². The highest BCUT2D eigenvalue weighted by molar-refractivity contribution is 6.33. The van der Waals surface area contributed by atoms with E-state index in [0.29, 0.717) is 12.1 Å². The minimum atomic E-state index is 0.297. The van der Waals surface area contributed by atoms with Gasteiger partial charge in [0.1, 0.15) is 0 Å². The van der Waals surface area contributed by atoms with E-state index in [2.05, 4.69) is 24.1 Å². The third-order valence-corrected chi connectivity index (χ3v) is 4.71. The Balaban J connectivity index is 2.20. The summed E-state index contributed by atoms with van der Waals surface area (Å²) in [6, 6.07) is 6.65. The highest BCUT2D eigenvalue weighted by Gasteiger charge is 2.26. The van der Waals surface area contributed by atoms with Crippen molar-refractivity contribution in [2.45, 2.75) is 45.2 Å². The maximum atomic E-state index is 6.37. The standard InChI is InChI=1S/C16H24Cl2N2/c1-3-9-20(14-5-4-8-19-11-14)12(2)15-10-13(17)6-7-16(15)18/h6-7,10,12,14,19H,3-5,8-9,11H2,1-2H3. The molecule has 2 atom stereocenters. The molecular formula is C16H24Cl2N2. The molecule has 1 N–H and O–H groups in total. The van der Waals surface area contributed by atoms with E-state index >= 15 is 0 Å². The second-order valence-electron chi connectivity index (χ2n) is 5.58. The van der Waals surface area contributed by atoms with Gasteiger partial charge in [-0.15, -0.1) is 0 Å². The Morgan fingerprint density at radius 2 is 2.20 bits per heavy atom. The average Bonchev–Trinajstić information content (AvgIpc) is 2.47. The van der Waals surface area contributed by atoms with Gasteiger partial charge in [-0.2, -0.15) is 0 Å². The number of rotatable bonds is 5. The van der Waals surface area contributed by atoms with Crippen molar-refractivity contribution in [2.24, 2.45) is 0 Å². The minimum absolute atomic E-state index is 0.297. The van der Waals surface area contributed by atoms with Crippen LogP contribution in [0.3, 0.4) is 0 Å². The van der Waals surface area contributed by atoms with E-state index in [1.54, 1.807) is 0 Å². The lowest BCUT2D eigenvalue weighted by molar-refractivity contribution is 0.120. The first kappa shape index (κ1) is 16.1. The molecule has 0 bridgehead atoms. The number of piperidine rings is 1. The molecule has 2 rings (SSSR count). The Kier molecular flexibility index (Phi) is 6.16. The van der Waals surface area contributed by atoms with E-state index in [0.717, 1.165) is 41.7 Å². The molecule has 1 heterocycles. The summed E-state index contributed by atoms with van der Waals surface area (Å²) in [4.78, 5) is 2.57.